The minimum atomic E-state index is -3.80. The van der Waals surface area contributed by atoms with E-state index in [1.807, 2.05) is 30.5 Å². The molecule has 0 saturated heterocycles. The first-order valence-electron chi connectivity index (χ1n) is 7.81. The van der Waals surface area contributed by atoms with Gasteiger partial charge in [-0.05, 0) is 31.2 Å². The molecule has 0 saturated carbocycles. The van der Waals surface area contributed by atoms with Gasteiger partial charge in [-0.25, -0.2) is 13.4 Å². The maximum absolute atomic E-state index is 13.0. The van der Waals surface area contributed by atoms with Crippen molar-refractivity contribution in [3.8, 4) is 0 Å². The lowest BCUT2D eigenvalue weighted by Gasteiger charge is -2.23. The fraction of sp³-hybridized carbons (Fsp3) is 0.176. The van der Waals surface area contributed by atoms with E-state index in [1.54, 1.807) is 12.1 Å². The molecule has 2 heterocycles. The molecule has 0 atom stereocenters. The van der Waals surface area contributed by atoms with E-state index in [0.29, 0.717) is 15.2 Å². The number of carbonyl (C=O) groups is 1. The Morgan fingerprint density at radius 3 is 2.44 bits per heavy atom. The second kappa shape index (κ2) is 8.07. The topological polar surface area (TPSA) is 70.6 Å². The number of benzene rings is 1. The average Bonchev–Trinajstić information content (AvgIpc) is 3.25. The monoisotopic (exact) mass is 441 g/mol. The first-order valence-corrected chi connectivity index (χ1v) is 11.3. The van der Waals surface area contributed by atoms with Crippen LogP contribution < -0.4 is 4.90 Å². The van der Waals surface area contributed by atoms with Crippen molar-refractivity contribution in [1.82, 2.24) is 9.29 Å². The van der Waals surface area contributed by atoms with Crippen LogP contribution in [-0.2, 0) is 14.8 Å². The van der Waals surface area contributed by atoms with Crippen LogP contribution in [0.2, 0.25) is 4.34 Å². The molecule has 0 unspecified atom stereocenters. The van der Waals surface area contributed by atoms with Crippen molar-refractivity contribution in [2.45, 2.75) is 11.1 Å². The maximum atomic E-state index is 13.0. The van der Waals surface area contributed by atoms with Crippen molar-refractivity contribution >= 4 is 61.0 Å². The van der Waals surface area contributed by atoms with Gasteiger partial charge in [-0.2, -0.15) is 4.31 Å². The molecule has 142 valence electrons. The Balaban J connectivity index is 1.89. The maximum Gasteiger partial charge on any atom is 0.252 e. The molecule has 0 fully saturated rings. The van der Waals surface area contributed by atoms with Crippen molar-refractivity contribution in [2.24, 2.45) is 0 Å². The number of aromatic nitrogens is 1. The Morgan fingerprint density at radius 1 is 1.19 bits per heavy atom. The standard InChI is InChI=1S/C17H16ClN3O3S3/c1-12-11-25-17(19-12)21(13-6-4-3-5-7-13)15(22)10-20(2)27(23,24)16-9-8-14(18)26-16/h3-9,11H,10H2,1-2H3. The summed E-state index contributed by atoms with van der Waals surface area (Å²) in [6, 6.07) is 12.0. The van der Waals surface area contributed by atoms with Gasteiger partial charge in [-0.3, -0.25) is 9.69 Å². The Morgan fingerprint density at radius 2 is 1.89 bits per heavy atom. The molecule has 2 aromatic heterocycles. The summed E-state index contributed by atoms with van der Waals surface area (Å²) >= 11 is 8.12. The Hall–Kier alpha value is -1.78. The Bertz CT molecular complexity index is 1050. The number of hydrogen-bond donors (Lipinski definition) is 0. The molecule has 27 heavy (non-hydrogen) atoms. The van der Waals surface area contributed by atoms with Crippen LogP contribution in [0.15, 0.2) is 52.1 Å². The van der Waals surface area contributed by atoms with Gasteiger partial charge in [0, 0.05) is 12.4 Å². The summed E-state index contributed by atoms with van der Waals surface area (Å²) in [4.78, 5) is 18.8. The zero-order valence-electron chi connectivity index (χ0n) is 14.5. The summed E-state index contributed by atoms with van der Waals surface area (Å²) in [7, 11) is -2.43. The van der Waals surface area contributed by atoms with E-state index >= 15 is 0 Å². The van der Waals surface area contributed by atoms with Gasteiger partial charge in [-0.1, -0.05) is 29.8 Å². The number of nitrogens with zero attached hydrogens (tertiary/aromatic N) is 3. The van der Waals surface area contributed by atoms with Gasteiger partial charge in [0.2, 0.25) is 5.91 Å². The third-order valence-electron chi connectivity index (χ3n) is 3.63. The molecule has 3 rings (SSSR count). The van der Waals surface area contributed by atoms with E-state index in [2.05, 4.69) is 4.98 Å². The van der Waals surface area contributed by atoms with E-state index in [1.165, 1.54) is 35.4 Å². The normalized spacial score (nSPS) is 11.7. The predicted molar refractivity (Wildman–Crippen MR) is 110 cm³/mol. The lowest BCUT2D eigenvalue weighted by atomic mass is 10.3. The number of para-hydroxylation sites is 1. The van der Waals surface area contributed by atoms with E-state index < -0.39 is 15.9 Å². The first-order chi connectivity index (χ1) is 12.8. The summed E-state index contributed by atoms with van der Waals surface area (Å²) in [5.74, 6) is -0.399. The fourth-order valence-corrected chi connectivity index (χ4v) is 5.97. The number of aryl methyl sites for hydroxylation is 1. The molecular formula is C17H16ClN3O3S3. The third kappa shape index (κ3) is 4.39. The smallest absolute Gasteiger partial charge is 0.252 e. The molecule has 0 radical (unpaired) electrons. The molecule has 6 nitrogen and oxygen atoms in total. The fourth-order valence-electron chi connectivity index (χ4n) is 2.32. The molecule has 0 spiro atoms. The van der Waals surface area contributed by atoms with Crippen molar-refractivity contribution in [2.75, 3.05) is 18.5 Å². The molecule has 1 aromatic carbocycles. The van der Waals surface area contributed by atoms with Gasteiger partial charge in [0.05, 0.1) is 22.3 Å². The predicted octanol–water partition coefficient (Wildman–Crippen LogP) is 4.15. The zero-order chi connectivity index (χ0) is 19.6. The van der Waals surface area contributed by atoms with Crippen molar-refractivity contribution in [1.29, 1.82) is 0 Å². The summed E-state index contributed by atoms with van der Waals surface area (Å²) < 4.78 is 26.8. The largest absolute Gasteiger partial charge is 0.272 e. The average molecular weight is 442 g/mol. The van der Waals surface area contributed by atoms with Crippen LogP contribution >= 0.6 is 34.3 Å². The number of likely N-dealkylation sites (N-methyl/N-ethyl adjacent to an activating group) is 1. The van der Waals surface area contributed by atoms with Gasteiger partial charge in [-0.15, -0.1) is 22.7 Å². The first kappa shape index (κ1) is 20.0. The molecule has 3 aromatic rings. The van der Waals surface area contributed by atoms with Crippen LogP contribution in [0.3, 0.4) is 0 Å². The van der Waals surface area contributed by atoms with Crippen LogP contribution in [0.1, 0.15) is 5.69 Å². The highest BCUT2D eigenvalue weighted by molar-refractivity contribution is 7.91. The summed E-state index contributed by atoms with van der Waals surface area (Å²) in [6.07, 6.45) is 0. The van der Waals surface area contributed by atoms with E-state index in [4.69, 9.17) is 11.6 Å². The van der Waals surface area contributed by atoms with Crippen molar-refractivity contribution in [3.63, 3.8) is 0 Å². The summed E-state index contributed by atoms with van der Waals surface area (Å²) in [5, 5.41) is 2.33. The van der Waals surface area contributed by atoms with Crippen LogP contribution in [0.4, 0.5) is 10.8 Å². The molecule has 0 aliphatic heterocycles. The number of rotatable bonds is 6. The molecule has 0 aliphatic rings. The van der Waals surface area contributed by atoms with Gasteiger partial charge in [0.1, 0.15) is 4.21 Å². The number of anilines is 2. The van der Waals surface area contributed by atoms with E-state index in [0.717, 1.165) is 21.3 Å². The van der Waals surface area contributed by atoms with Crippen LogP contribution in [0.25, 0.3) is 0 Å². The highest BCUT2D eigenvalue weighted by Crippen LogP contribution is 2.30. The minimum absolute atomic E-state index is 0.0964. The number of halogens is 1. The highest BCUT2D eigenvalue weighted by atomic mass is 35.5. The quantitative estimate of drug-likeness (QED) is 0.576. The number of thiophene rings is 1. The highest BCUT2D eigenvalue weighted by Gasteiger charge is 2.28. The lowest BCUT2D eigenvalue weighted by molar-refractivity contribution is -0.117. The lowest BCUT2D eigenvalue weighted by Crippen LogP contribution is -2.39. The van der Waals surface area contributed by atoms with Crippen LogP contribution in [0.5, 0.6) is 0 Å². The minimum Gasteiger partial charge on any atom is -0.272 e. The van der Waals surface area contributed by atoms with Gasteiger partial charge in [0.15, 0.2) is 5.13 Å². The summed E-state index contributed by atoms with van der Waals surface area (Å²) in [6.45, 7) is 1.51. The molecule has 0 N–H and O–H groups in total. The van der Waals surface area contributed by atoms with Gasteiger partial charge >= 0.3 is 0 Å². The SMILES string of the molecule is Cc1csc(N(C(=O)CN(C)S(=O)(=O)c2ccc(Cl)s2)c2ccccc2)n1. The van der Waals surface area contributed by atoms with Crippen LogP contribution in [0, 0.1) is 6.92 Å². The Labute approximate surface area is 170 Å². The molecule has 10 heteroatoms. The summed E-state index contributed by atoms with van der Waals surface area (Å²) in [5.41, 5.74) is 1.42. The van der Waals surface area contributed by atoms with Gasteiger partial charge < -0.3 is 0 Å². The van der Waals surface area contributed by atoms with E-state index in [9.17, 15) is 13.2 Å². The molecular weight excluding hydrogens is 426 g/mol. The van der Waals surface area contributed by atoms with E-state index in [-0.39, 0.29) is 10.8 Å². The molecule has 1 amide bonds. The number of amides is 1. The van der Waals surface area contributed by atoms with Crippen LogP contribution in [-0.4, -0.2) is 37.2 Å². The van der Waals surface area contributed by atoms with Crippen molar-refractivity contribution in [3.05, 3.63) is 57.9 Å². The molecule has 0 aliphatic carbocycles. The second-order valence-electron chi connectivity index (χ2n) is 5.66. The number of sulfonamides is 1. The third-order valence-corrected chi connectivity index (χ3v) is 8.08. The van der Waals surface area contributed by atoms with Crippen molar-refractivity contribution < 1.29 is 13.2 Å². The zero-order valence-corrected chi connectivity index (χ0v) is 17.7. The van der Waals surface area contributed by atoms with Gasteiger partial charge in [0.25, 0.3) is 10.0 Å². The Kier molecular flexibility index (Phi) is 5.97. The molecule has 0 bridgehead atoms. The number of carbonyl (C=O) groups excluding carboxylic acids is 1. The number of hydrogen-bond acceptors (Lipinski definition) is 6. The number of thiazole rings is 1. The second-order valence-corrected chi connectivity index (χ2v) is 10.5.